The fraction of sp³-hybridized carbons (Fsp3) is 0.500. The molecule has 0 bridgehead atoms. The van der Waals surface area contributed by atoms with Crippen LogP contribution in [0.5, 0.6) is 0 Å². The van der Waals surface area contributed by atoms with E-state index in [1.54, 1.807) is 0 Å². The molecule has 1 aliphatic rings. The van der Waals surface area contributed by atoms with Crippen molar-refractivity contribution in [3.8, 4) is 0 Å². The van der Waals surface area contributed by atoms with Crippen LogP contribution < -0.4 is 4.90 Å². The smallest absolute Gasteiger partial charge is 0.276 e. The largest absolute Gasteiger partial charge is 0.354 e. The fourth-order valence-corrected chi connectivity index (χ4v) is 1.91. The van der Waals surface area contributed by atoms with E-state index in [-0.39, 0.29) is 10.8 Å². The fourth-order valence-electron chi connectivity index (χ4n) is 1.72. The zero-order chi connectivity index (χ0) is 11.7. The summed E-state index contributed by atoms with van der Waals surface area (Å²) in [5, 5.41) is 10.9. The minimum absolute atomic E-state index is 0.00546. The van der Waals surface area contributed by atoms with Crippen LogP contribution in [0.3, 0.4) is 0 Å². The van der Waals surface area contributed by atoms with E-state index in [9.17, 15) is 10.1 Å². The standard InChI is InChI=1S/C10H12ClN3O2/c1-2-13(7-3-4-7)10-6-8(14(15)16)5-9(11)12-10/h5-7H,2-4H2,1H3. The molecule has 0 aliphatic heterocycles. The third-order valence-corrected chi connectivity index (χ3v) is 2.79. The molecule has 1 heterocycles. The SMILES string of the molecule is CCN(c1cc([N+](=O)[O-])cc(Cl)n1)C1CC1. The Balaban J connectivity index is 2.35. The summed E-state index contributed by atoms with van der Waals surface area (Å²) < 4.78 is 0. The number of hydrogen-bond donors (Lipinski definition) is 0. The number of pyridine rings is 1. The van der Waals surface area contributed by atoms with E-state index in [1.165, 1.54) is 12.1 Å². The van der Waals surface area contributed by atoms with Crippen LogP contribution in [0.15, 0.2) is 12.1 Å². The summed E-state index contributed by atoms with van der Waals surface area (Å²) in [4.78, 5) is 16.4. The van der Waals surface area contributed by atoms with Gasteiger partial charge in [0.2, 0.25) is 0 Å². The van der Waals surface area contributed by atoms with Crippen LogP contribution in [-0.2, 0) is 0 Å². The van der Waals surface area contributed by atoms with Gasteiger partial charge < -0.3 is 4.90 Å². The highest BCUT2D eigenvalue weighted by atomic mass is 35.5. The molecule has 0 radical (unpaired) electrons. The minimum atomic E-state index is -0.447. The van der Waals surface area contributed by atoms with E-state index < -0.39 is 4.92 Å². The van der Waals surface area contributed by atoms with Gasteiger partial charge in [-0.05, 0) is 19.8 Å². The van der Waals surface area contributed by atoms with Crippen LogP contribution in [0.2, 0.25) is 5.15 Å². The maximum atomic E-state index is 10.7. The van der Waals surface area contributed by atoms with Crippen LogP contribution in [0.25, 0.3) is 0 Å². The lowest BCUT2D eigenvalue weighted by molar-refractivity contribution is -0.384. The van der Waals surface area contributed by atoms with Crippen molar-refractivity contribution in [2.24, 2.45) is 0 Å². The molecule has 1 aromatic rings. The molecule has 0 N–H and O–H groups in total. The van der Waals surface area contributed by atoms with E-state index >= 15 is 0 Å². The van der Waals surface area contributed by atoms with Crippen LogP contribution in [0.4, 0.5) is 11.5 Å². The Hall–Kier alpha value is -1.36. The van der Waals surface area contributed by atoms with Gasteiger partial charge in [-0.3, -0.25) is 10.1 Å². The van der Waals surface area contributed by atoms with Crippen molar-refractivity contribution in [3.05, 3.63) is 27.4 Å². The summed E-state index contributed by atoms with van der Waals surface area (Å²) in [6.45, 7) is 2.79. The molecular weight excluding hydrogens is 230 g/mol. The third kappa shape index (κ3) is 2.24. The number of nitro groups is 1. The van der Waals surface area contributed by atoms with Crippen molar-refractivity contribution >= 4 is 23.1 Å². The highest BCUT2D eigenvalue weighted by molar-refractivity contribution is 6.29. The van der Waals surface area contributed by atoms with Gasteiger partial charge in [0.1, 0.15) is 11.0 Å². The molecule has 0 spiro atoms. The van der Waals surface area contributed by atoms with Gasteiger partial charge in [0.15, 0.2) is 0 Å². The van der Waals surface area contributed by atoms with Crippen LogP contribution in [-0.4, -0.2) is 22.5 Å². The summed E-state index contributed by atoms with van der Waals surface area (Å²) in [7, 11) is 0. The Kier molecular flexibility index (Phi) is 2.96. The number of rotatable bonds is 4. The van der Waals surface area contributed by atoms with Crippen molar-refractivity contribution in [3.63, 3.8) is 0 Å². The molecule has 6 heteroatoms. The highest BCUT2D eigenvalue weighted by Crippen LogP contribution is 2.32. The van der Waals surface area contributed by atoms with E-state index in [0.717, 1.165) is 19.4 Å². The van der Waals surface area contributed by atoms with E-state index in [0.29, 0.717) is 11.9 Å². The third-order valence-electron chi connectivity index (χ3n) is 2.60. The molecule has 1 saturated carbocycles. The average Bonchev–Trinajstić information content (AvgIpc) is 3.02. The maximum absolute atomic E-state index is 10.7. The predicted molar refractivity (Wildman–Crippen MR) is 61.9 cm³/mol. The van der Waals surface area contributed by atoms with Crippen LogP contribution >= 0.6 is 11.6 Å². The number of nitrogens with zero attached hydrogens (tertiary/aromatic N) is 3. The quantitative estimate of drug-likeness (QED) is 0.462. The van der Waals surface area contributed by atoms with Gasteiger partial charge in [0.05, 0.1) is 17.1 Å². The number of halogens is 1. The lowest BCUT2D eigenvalue weighted by Gasteiger charge is -2.21. The Morgan fingerprint density at radius 3 is 2.81 bits per heavy atom. The Morgan fingerprint density at radius 1 is 1.62 bits per heavy atom. The first kappa shape index (κ1) is 11.1. The Labute approximate surface area is 98.2 Å². The number of anilines is 1. The predicted octanol–water partition coefficient (Wildman–Crippen LogP) is 2.63. The molecular formula is C10H12ClN3O2. The van der Waals surface area contributed by atoms with Crippen molar-refractivity contribution < 1.29 is 4.92 Å². The second-order valence-electron chi connectivity index (χ2n) is 3.78. The van der Waals surface area contributed by atoms with Crippen LogP contribution in [0, 0.1) is 10.1 Å². The molecule has 1 fully saturated rings. The lowest BCUT2D eigenvalue weighted by Crippen LogP contribution is -2.26. The van der Waals surface area contributed by atoms with E-state index in [2.05, 4.69) is 9.88 Å². The zero-order valence-corrected chi connectivity index (χ0v) is 9.65. The van der Waals surface area contributed by atoms with Gasteiger partial charge in [-0.1, -0.05) is 11.6 Å². The Morgan fingerprint density at radius 2 is 2.31 bits per heavy atom. The topological polar surface area (TPSA) is 59.3 Å². The van der Waals surface area contributed by atoms with Gasteiger partial charge in [0, 0.05) is 12.6 Å². The molecule has 0 unspecified atom stereocenters. The van der Waals surface area contributed by atoms with E-state index in [1.807, 2.05) is 6.92 Å². The normalized spacial score (nSPS) is 14.9. The number of hydrogen-bond acceptors (Lipinski definition) is 4. The molecule has 0 amide bonds. The average molecular weight is 242 g/mol. The minimum Gasteiger partial charge on any atom is -0.354 e. The van der Waals surface area contributed by atoms with Crippen molar-refractivity contribution in [1.82, 2.24) is 4.98 Å². The van der Waals surface area contributed by atoms with Crippen molar-refractivity contribution in [2.45, 2.75) is 25.8 Å². The lowest BCUT2D eigenvalue weighted by atomic mass is 10.3. The summed E-state index contributed by atoms with van der Waals surface area (Å²) >= 11 is 5.78. The molecule has 0 aromatic carbocycles. The summed E-state index contributed by atoms with van der Waals surface area (Å²) in [6, 6.07) is 3.22. The first-order valence-electron chi connectivity index (χ1n) is 5.20. The second kappa shape index (κ2) is 4.25. The Bertz CT molecular complexity index is 421. The first-order chi connectivity index (χ1) is 7.61. The monoisotopic (exact) mass is 241 g/mol. The van der Waals surface area contributed by atoms with Gasteiger partial charge in [0.25, 0.3) is 5.69 Å². The highest BCUT2D eigenvalue weighted by Gasteiger charge is 2.29. The summed E-state index contributed by atoms with van der Waals surface area (Å²) in [6.07, 6.45) is 2.24. The molecule has 0 atom stereocenters. The molecule has 86 valence electrons. The summed E-state index contributed by atoms with van der Waals surface area (Å²) in [5.74, 6) is 0.601. The maximum Gasteiger partial charge on any atom is 0.276 e. The molecule has 16 heavy (non-hydrogen) atoms. The summed E-state index contributed by atoms with van der Waals surface area (Å²) in [5.41, 5.74) is -0.00546. The number of aromatic nitrogens is 1. The van der Waals surface area contributed by atoms with Gasteiger partial charge in [-0.2, -0.15) is 0 Å². The zero-order valence-electron chi connectivity index (χ0n) is 8.89. The molecule has 0 saturated heterocycles. The van der Waals surface area contributed by atoms with Crippen LogP contribution in [0.1, 0.15) is 19.8 Å². The van der Waals surface area contributed by atoms with E-state index in [4.69, 9.17) is 11.6 Å². The molecule has 2 rings (SSSR count). The molecule has 1 aliphatic carbocycles. The molecule has 1 aromatic heterocycles. The second-order valence-corrected chi connectivity index (χ2v) is 4.17. The van der Waals surface area contributed by atoms with Crippen molar-refractivity contribution in [2.75, 3.05) is 11.4 Å². The van der Waals surface area contributed by atoms with Gasteiger partial charge in [-0.15, -0.1) is 0 Å². The van der Waals surface area contributed by atoms with Crippen molar-refractivity contribution in [1.29, 1.82) is 0 Å². The first-order valence-corrected chi connectivity index (χ1v) is 5.58. The van der Waals surface area contributed by atoms with Gasteiger partial charge in [-0.25, -0.2) is 4.98 Å². The van der Waals surface area contributed by atoms with Gasteiger partial charge >= 0.3 is 0 Å². The molecule has 5 nitrogen and oxygen atoms in total.